The van der Waals surface area contributed by atoms with Gasteiger partial charge in [-0.1, -0.05) is 49.4 Å². The third-order valence-electron chi connectivity index (χ3n) is 5.79. The summed E-state index contributed by atoms with van der Waals surface area (Å²) in [6.07, 6.45) is 0. The molecule has 4 rings (SSSR count). The van der Waals surface area contributed by atoms with Gasteiger partial charge < -0.3 is 14.1 Å². The molecule has 7 nitrogen and oxygen atoms in total. The van der Waals surface area contributed by atoms with Crippen LogP contribution in [0.2, 0.25) is 0 Å². The van der Waals surface area contributed by atoms with Crippen molar-refractivity contribution in [1.82, 2.24) is 9.88 Å². The monoisotopic (exact) mass is 465 g/mol. The van der Waals surface area contributed by atoms with Gasteiger partial charge in [-0.2, -0.15) is 0 Å². The lowest BCUT2D eigenvalue weighted by Crippen LogP contribution is -2.40. The normalized spacial score (nSPS) is 11.4. The Kier molecular flexibility index (Phi) is 6.76. The van der Waals surface area contributed by atoms with Crippen molar-refractivity contribution in [2.45, 2.75) is 20.8 Å². The van der Waals surface area contributed by atoms with E-state index in [1.165, 1.54) is 11.3 Å². The van der Waals surface area contributed by atoms with Gasteiger partial charge in [-0.05, 0) is 43.8 Å². The number of hydrogen-bond donors (Lipinski definition) is 0. The summed E-state index contributed by atoms with van der Waals surface area (Å²) in [5.41, 5.74) is 1.56. The molecule has 0 unspecified atom stereocenters. The maximum Gasteiger partial charge on any atom is 0.349 e. The quantitative estimate of drug-likeness (QED) is 0.351. The number of ether oxygens (including phenoxy) is 1. The first-order chi connectivity index (χ1) is 16.0. The second kappa shape index (κ2) is 9.72. The third-order valence-corrected chi connectivity index (χ3v) is 7.01. The average molecular weight is 466 g/mol. The van der Waals surface area contributed by atoms with E-state index in [0.29, 0.717) is 40.5 Å². The molecule has 0 fully saturated rings. The lowest BCUT2D eigenvalue weighted by molar-refractivity contribution is 0.0980. The van der Waals surface area contributed by atoms with Crippen molar-refractivity contribution >= 4 is 43.6 Å². The van der Waals surface area contributed by atoms with Gasteiger partial charge in [-0.3, -0.25) is 9.69 Å². The highest BCUT2D eigenvalue weighted by Crippen LogP contribution is 2.36. The standard InChI is InChI=1S/C25H27N3O4S/c1-5-27(6-2)13-14-28(25-26-21-20(31-4)12-11-16(3)22(21)33-25)23(29)18-15-17-9-7-8-10-19(17)32-24(18)30/h7-12,15H,5-6,13-14H2,1-4H3. The Labute approximate surface area is 196 Å². The number of amides is 1. The van der Waals surface area contributed by atoms with Gasteiger partial charge in [-0.15, -0.1) is 0 Å². The number of anilines is 1. The van der Waals surface area contributed by atoms with Crippen LogP contribution in [0.3, 0.4) is 0 Å². The Morgan fingerprint density at radius 3 is 2.61 bits per heavy atom. The lowest BCUT2D eigenvalue weighted by Gasteiger charge is -2.24. The van der Waals surface area contributed by atoms with Crippen molar-refractivity contribution in [3.8, 4) is 5.75 Å². The number of aryl methyl sites for hydroxylation is 1. The molecule has 0 aliphatic rings. The van der Waals surface area contributed by atoms with Crippen LogP contribution in [0.15, 0.2) is 51.7 Å². The number of carbonyl (C=O) groups is 1. The molecule has 0 saturated carbocycles. The smallest absolute Gasteiger partial charge is 0.349 e. The number of thiazole rings is 1. The van der Waals surface area contributed by atoms with Crippen LogP contribution >= 0.6 is 11.3 Å². The first-order valence-corrected chi connectivity index (χ1v) is 11.8. The Morgan fingerprint density at radius 2 is 1.88 bits per heavy atom. The summed E-state index contributed by atoms with van der Waals surface area (Å²) < 4.78 is 11.9. The van der Waals surface area contributed by atoms with Gasteiger partial charge in [0.05, 0.1) is 11.8 Å². The largest absolute Gasteiger partial charge is 0.494 e. The minimum atomic E-state index is -0.651. The van der Waals surface area contributed by atoms with Gasteiger partial charge in [-0.25, -0.2) is 9.78 Å². The number of benzene rings is 2. The van der Waals surface area contributed by atoms with Crippen molar-refractivity contribution in [2.75, 3.05) is 38.2 Å². The lowest BCUT2D eigenvalue weighted by atomic mass is 10.1. The van der Waals surface area contributed by atoms with Gasteiger partial charge in [0, 0.05) is 18.5 Å². The molecule has 0 atom stereocenters. The zero-order chi connectivity index (χ0) is 23.5. The van der Waals surface area contributed by atoms with Crippen LogP contribution in [-0.2, 0) is 0 Å². The molecule has 172 valence electrons. The molecular weight excluding hydrogens is 438 g/mol. The number of hydrogen-bond acceptors (Lipinski definition) is 7. The Balaban J connectivity index is 1.81. The molecule has 0 aliphatic carbocycles. The maximum atomic E-state index is 13.7. The van der Waals surface area contributed by atoms with Crippen molar-refractivity contribution in [2.24, 2.45) is 0 Å². The topological polar surface area (TPSA) is 75.9 Å². The van der Waals surface area contributed by atoms with Crippen LogP contribution in [0, 0.1) is 6.92 Å². The van der Waals surface area contributed by atoms with E-state index in [0.717, 1.165) is 23.4 Å². The molecule has 2 aromatic heterocycles. The van der Waals surface area contributed by atoms with E-state index in [1.807, 2.05) is 31.2 Å². The van der Waals surface area contributed by atoms with E-state index in [1.54, 1.807) is 30.2 Å². The zero-order valence-corrected chi connectivity index (χ0v) is 20.1. The fraction of sp³-hybridized carbons (Fsp3) is 0.320. The van der Waals surface area contributed by atoms with E-state index in [2.05, 4.69) is 18.7 Å². The summed E-state index contributed by atoms with van der Waals surface area (Å²) in [6, 6.07) is 12.6. The Hall–Kier alpha value is -3.23. The van der Waals surface area contributed by atoms with Crippen molar-refractivity contribution in [3.05, 3.63) is 64.0 Å². The molecule has 8 heteroatoms. The minimum absolute atomic E-state index is 0.00353. The SMILES string of the molecule is CCN(CC)CCN(C(=O)c1cc2ccccc2oc1=O)c1nc2c(OC)ccc(C)c2s1. The minimum Gasteiger partial charge on any atom is -0.494 e. The highest BCUT2D eigenvalue weighted by Gasteiger charge is 2.26. The second-order valence-corrected chi connectivity index (χ2v) is 8.71. The number of nitrogens with zero attached hydrogens (tertiary/aromatic N) is 3. The average Bonchev–Trinajstić information content (AvgIpc) is 3.27. The molecular formula is C25H27N3O4S. The molecule has 2 heterocycles. The van der Waals surface area contributed by atoms with E-state index in [-0.39, 0.29) is 5.56 Å². The molecule has 0 bridgehead atoms. The predicted molar refractivity (Wildman–Crippen MR) is 133 cm³/mol. The highest BCUT2D eigenvalue weighted by atomic mass is 32.1. The number of likely N-dealkylation sites (N-methyl/N-ethyl adjacent to an activating group) is 1. The van der Waals surface area contributed by atoms with Crippen LogP contribution in [0.1, 0.15) is 29.8 Å². The molecule has 0 radical (unpaired) electrons. The van der Waals surface area contributed by atoms with E-state index in [9.17, 15) is 9.59 Å². The third kappa shape index (κ3) is 4.49. The first-order valence-electron chi connectivity index (χ1n) is 11.0. The summed E-state index contributed by atoms with van der Waals surface area (Å²) in [7, 11) is 1.60. The Morgan fingerprint density at radius 1 is 1.12 bits per heavy atom. The molecule has 0 aliphatic heterocycles. The molecule has 33 heavy (non-hydrogen) atoms. The van der Waals surface area contributed by atoms with Crippen LogP contribution in [0.4, 0.5) is 5.13 Å². The molecule has 1 amide bonds. The molecule has 2 aromatic carbocycles. The molecule has 0 saturated heterocycles. The summed E-state index contributed by atoms with van der Waals surface area (Å²) in [4.78, 5) is 35.0. The van der Waals surface area contributed by atoms with Crippen LogP contribution in [0.5, 0.6) is 5.75 Å². The van der Waals surface area contributed by atoms with E-state index < -0.39 is 11.5 Å². The Bertz CT molecular complexity index is 1360. The molecule has 0 N–H and O–H groups in total. The molecule has 0 spiro atoms. The van der Waals surface area contributed by atoms with Crippen molar-refractivity contribution < 1.29 is 13.9 Å². The van der Waals surface area contributed by atoms with Gasteiger partial charge in [0.15, 0.2) is 5.13 Å². The number of para-hydroxylation sites is 1. The fourth-order valence-corrected chi connectivity index (χ4v) is 4.88. The van der Waals surface area contributed by atoms with Gasteiger partial charge >= 0.3 is 5.63 Å². The predicted octanol–water partition coefficient (Wildman–Crippen LogP) is 4.71. The number of aromatic nitrogens is 1. The first kappa shape index (κ1) is 22.9. The van der Waals surface area contributed by atoms with Gasteiger partial charge in [0.2, 0.25) is 0 Å². The van der Waals surface area contributed by atoms with Gasteiger partial charge in [0.25, 0.3) is 5.91 Å². The summed E-state index contributed by atoms with van der Waals surface area (Å²) in [5.74, 6) is 0.233. The number of rotatable bonds is 8. The van der Waals surface area contributed by atoms with Gasteiger partial charge in [0.1, 0.15) is 22.4 Å². The maximum absolute atomic E-state index is 13.7. The molecule has 4 aromatic rings. The number of carbonyl (C=O) groups excluding carboxylic acids is 1. The highest BCUT2D eigenvalue weighted by molar-refractivity contribution is 7.22. The number of fused-ring (bicyclic) bond motifs is 2. The van der Waals surface area contributed by atoms with E-state index in [4.69, 9.17) is 14.1 Å². The van der Waals surface area contributed by atoms with Crippen molar-refractivity contribution in [3.63, 3.8) is 0 Å². The number of methoxy groups -OCH3 is 1. The van der Waals surface area contributed by atoms with Crippen molar-refractivity contribution in [1.29, 1.82) is 0 Å². The summed E-state index contributed by atoms with van der Waals surface area (Å²) in [5, 5.41) is 1.23. The van der Waals surface area contributed by atoms with Crippen LogP contribution < -0.4 is 15.3 Å². The van der Waals surface area contributed by atoms with E-state index >= 15 is 0 Å². The van der Waals surface area contributed by atoms with Crippen LogP contribution in [0.25, 0.3) is 21.2 Å². The second-order valence-electron chi connectivity index (χ2n) is 7.73. The summed E-state index contributed by atoms with van der Waals surface area (Å²) in [6.45, 7) is 8.95. The fourth-order valence-electron chi connectivity index (χ4n) is 3.80. The summed E-state index contributed by atoms with van der Waals surface area (Å²) >= 11 is 1.42. The van der Waals surface area contributed by atoms with Crippen LogP contribution in [-0.4, -0.2) is 49.1 Å². The zero-order valence-electron chi connectivity index (χ0n) is 19.3.